The van der Waals surface area contributed by atoms with Crippen LogP contribution in [0.1, 0.15) is 30.0 Å². The third-order valence-electron chi connectivity index (χ3n) is 3.95. The molecule has 22 heavy (non-hydrogen) atoms. The molecule has 0 aromatic heterocycles. The van der Waals surface area contributed by atoms with Crippen molar-refractivity contribution in [2.24, 2.45) is 0 Å². The summed E-state index contributed by atoms with van der Waals surface area (Å²) in [7, 11) is -3.40. The molecule has 4 heteroatoms. The van der Waals surface area contributed by atoms with Crippen LogP contribution in [-0.4, -0.2) is 19.3 Å². The third-order valence-corrected chi connectivity index (χ3v) is 5.52. The average Bonchev–Trinajstić information content (AvgIpc) is 3.06. The van der Waals surface area contributed by atoms with Crippen LogP contribution < -0.4 is 0 Å². The standard InChI is InChI=1S/C18H19NO2S/c20-22(21,15-13-16-8-3-1-4-9-16)19-14-7-12-18(19)17-10-5-2-6-11-17/h1-6,8-11,13,15,18H,7,12,14H2. The van der Waals surface area contributed by atoms with E-state index in [2.05, 4.69) is 0 Å². The molecular formula is C18H19NO2S. The lowest BCUT2D eigenvalue weighted by Gasteiger charge is -2.22. The molecule has 1 atom stereocenters. The second-order valence-electron chi connectivity index (χ2n) is 5.44. The summed E-state index contributed by atoms with van der Waals surface area (Å²) in [5.41, 5.74) is 1.96. The molecule has 0 saturated carbocycles. The molecule has 0 radical (unpaired) electrons. The van der Waals surface area contributed by atoms with Crippen molar-refractivity contribution >= 4 is 16.1 Å². The third kappa shape index (κ3) is 3.29. The van der Waals surface area contributed by atoms with Crippen molar-refractivity contribution < 1.29 is 8.42 Å². The molecule has 0 N–H and O–H groups in total. The van der Waals surface area contributed by atoms with E-state index in [1.165, 1.54) is 5.41 Å². The molecule has 1 unspecified atom stereocenters. The van der Waals surface area contributed by atoms with E-state index in [4.69, 9.17) is 0 Å². The lowest BCUT2D eigenvalue weighted by Crippen LogP contribution is -2.28. The fourth-order valence-corrected chi connectivity index (χ4v) is 4.31. The highest BCUT2D eigenvalue weighted by atomic mass is 32.2. The minimum absolute atomic E-state index is 0.0494. The van der Waals surface area contributed by atoms with Gasteiger partial charge < -0.3 is 0 Å². The van der Waals surface area contributed by atoms with Crippen LogP contribution in [0.15, 0.2) is 66.1 Å². The van der Waals surface area contributed by atoms with Crippen molar-refractivity contribution in [2.45, 2.75) is 18.9 Å². The fourth-order valence-electron chi connectivity index (χ4n) is 2.86. The zero-order valence-electron chi connectivity index (χ0n) is 12.3. The van der Waals surface area contributed by atoms with E-state index in [1.807, 2.05) is 60.7 Å². The Bertz CT molecular complexity index is 739. The van der Waals surface area contributed by atoms with Gasteiger partial charge in [0.05, 0.1) is 6.04 Å². The predicted molar refractivity (Wildman–Crippen MR) is 89.5 cm³/mol. The molecule has 1 fully saturated rings. The number of rotatable bonds is 4. The molecule has 1 heterocycles. The fraction of sp³-hybridized carbons (Fsp3) is 0.222. The molecule has 0 amide bonds. The van der Waals surface area contributed by atoms with Crippen molar-refractivity contribution in [1.29, 1.82) is 0 Å². The highest BCUT2D eigenvalue weighted by Gasteiger charge is 2.33. The summed E-state index contributed by atoms with van der Waals surface area (Å²) < 4.78 is 26.9. The highest BCUT2D eigenvalue weighted by Crippen LogP contribution is 2.34. The minimum Gasteiger partial charge on any atom is -0.207 e. The number of hydrogen-bond donors (Lipinski definition) is 0. The van der Waals surface area contributed by atoms with Crippen molar-refractivity contribution in [2.75, 3.05) is 6.54 Å². The quantitative estimate of drug-likeness (QED) is 0.860. The Hall–Kier alpha value is -1.91. The van der Waals surface area contributed by atoms with Gasteiger partial charge in [0, 0.05) is 12.0 Å². The summed E-state index contributed by atoms with van der Waals surface area (Å²) in [5, 5.41) is 1.32. The molecule has 3 nitrogen and oxygen atoms in total. The first-order valence-electron chi connectivity index (χ1n) is 7.47. The molecule has 1 saturated heterocycles. The van der Waals surface area contributed by atoms with E-state index >= 15 is 0 Å². The molecule has 1 aliphatic rings. The van der Waals surface area contributed by atoms with E-state index in [-0.39, 0.29) is 6.04 Å². The Balaban J connectivity index is 1.84. The summed E-state index contributed by atoms with van der Waals surface area (Å²) in [6.45, 7) is 0.584. The van der Waals surface area contributed by atoms with Crippen LogP contribution in [0, 0.1) is 0 Å². The van der Waals surface area contributed by atoms with Gasteiger partial charge in [-0.3, -0.25) is 0 Å². The first-order chi connectivity index (χ1) is 10.7. The molecule has 0 aliphatic carbocycles. The summed E-state index contributed by atoms with van der Waals surface area (Å²) in [6.07, 6.45) is 3.44. The molecule has 0 spiro atoms. The molecule has 0 bridgehead atoms. The lowest BCUT2D eigenvalue weighted by atomic mass is 10.1. The normalized spacial score (nSPS) is 19.7. The second-order valence-corrected chi connectivity index (χ2v) is 7.21. The van der Waals surface area contributed by atoms with E-state index in [9.17, 15) is 8.42 Å². The summed E-state index contributed by atoms with van der Waals surface area (Å²) in [4.78, 5) is 0. The van der Waals surface area contributed by atoms with Crippen LogP contribution in [-0.2, 0) is 10.0 Å². The molecule has 2 aromatic rings. The van der Waals surface area contributed by atoms with Crippen LogP contribution in [0.2, 0.25) is 0 Å². The predicted octanol–water partition coefficient (Wildman–Crippen LogP) is 3.82. The van der Waals surface area contributed by atoms with Gasteiger partial charge in [0.15, 0.2) is 0 Å². The molecule has 114 valence electrons. The van der Waals surface area contributed by atoms with Crippen molar-refractivity contribution in [3.8, 4) is 0 Å². The number of sulfonamides is 1. The van der Waals surface area contributed by atoms with Gasteiger partial charge in [0.2, 0.25) is 10.0 Å². The van der Waals surface area contributed by atoms with Crippen LogP contribution in [0.3, 0.4) is 0 Å². The molecule has 2 aromatic carbocycles. The maximum Gasteiger partial charge on any atom is 0.236 e. The molecular weight excluding hydrogens is 294 g/mol. The first kappa shape index (κ1) is 15.0. The van der Waals surface area contributed by atoms with Crippen molar-refractivity contribution in [3.63, 3.8) is 0 Å². The Morgan fingerprint density at radius 3 is 2.27 bits per heavy atom. The zero-order valence-corrected chi connectivity index (χ0v) is 13.1. The summed E-state index contributed by atoms with van der Waals surface area (Å²) in [6, 6.07) is 19.3. The Kier molecular flexibility index (Phi) is 4.41. The van der Waals surface area contributed by atoms with E-state index in [0.29, 0.717) is 6.54 Å². The SMILES string of the molecule is O=S(=O)(C=Cc1ccccc1)N1CCCC1c1ccccc1. The Morgan fingerprint density at radius 2 is 1.59 bits per heavy atom. The Labute approximate surface area is 132 Å². The lowest BCUT2D eigenvalue weighted by molar-refractivity contribution is 0.403. The van der Waals surface area contributed by atoms with Crippen LogP contribution in [0.4, 0.5) is 0 Å². The first-order valence-corrected chi connectivity index (χ1v) is 8.97. The number of hydrogen-bond acceptors (Lipinski definition) is 2. The maximum atomic E-state index is 12.6. The van der Waals surface area contributed by atoms with Crippen molar-refractivity contribution in [3.05, 3.63) is 77.2 Å². The molecule has 1 aliphatic heterocycles. The van der Waals surface area contributed by atoms with Gasteiger partial charge in [0.1, 0.15) is 0 Å². The number of benzene rings is 2. The monoisotopic (exact) mass is 313 g/mol. The molecule has 3 rings (SSSR count). The van der Waals surface area contributed by atoms with E-state index in [1.54, 1.807) is 10.4 Å². The Morgan fingerprint density at radius 1 is 0.955 bits per heavy atom. The minimum atomic E-state index is -3.40. The summed E-state index contributed by atoms with van der Waals surface area (Å²) in [5.74, 6) is 0. The average molecular weight is 313 g/mol. The van der Waals surface area contributed by atoms with E-state index < -0.39 is 10.0 Å². The van der Waals surface area contributed by atoms with Crippen LogP contribution in [0.5, 0.6) is 0 Å². The van der Waals surface area contributed by atoms with Gasteiger partial charge >= 0.3 is 0 Å². The van der Waals surface area contributed by atoms with Crippen molar-refractivity contribution in [1.82, 2.24) is 4.31 Å². The van der Waals surface area contributed by atoms with Crippen LogP contribution >= 0.6 is 0 Å². The van der Waals surface area contributed by atoms with Gasteiger partial charge in [-0.2, -0.15) is 4.31 Å². The topological polar surface area (TPSA) is 37.4 Å². The highest BCUT2D eigenvalue weighted by molar-refractivity contribution is 7.92. The van der Waals surface area contributed by atoms with Gasteiger partial charge in [-0.05, 0) is 30.0 Å². The summed E-state index contributed by atoms with van der Waals surface area (Å²) >= 11 is 0. The maximum absolute atomic E-state index is 12.6. The number of nitrogens with zero attached hydrogens (tertiary/aromatic N) is 1. The smallest absolute Gasteiger partial charge is 0.207 e. The van der Waals surface area contributed by atoms with Gasteiger partial charge in [-0.25, -0.2) is 8.42 Å². The largest absolute Gasteiger partial charge is 0.236 e. The second kappa shape index (κ2) is 6.46. The van der Waals surface area contributed by atoms with Gasteiger partial charge in [-0.15, -0.1) is 0 Å². The van der Waals surface area contributed by atoms with E-state index in [0.717, 1.165) is 24.0 Å². The van der Waals surface area contributed by atoms with Gasteiger partial charge in [-0.1, -0.05) is 60.7 Å². The van der Waals surface area contributed by atoms with Crippen LogP contribution in [0.25, 0.3) is 6.08 Å². The zero-order chi connectivity index (χ0) is 15.4. The van der Waals surface area contributed by atoms with Gasteiger partial charge in [0.25, 0.3) is 0 Å².